The van der Waals surface area contributed by atoms with Crippen LogP contribution in [0.3, 0.4) is 0 Å². The minimum Gasteiger partial charge on any atom is -0.208 e. The van der Waals surface area contributed by atoms with Gasteiger partial charge in [0, 0.05) is 16.7 Å². The molecule has 4 heteroatoms. The van der Waals surface area contributed by atoms with E-state index in [2.05, 4.69) is 206 Å². The largest absolute Gasteiger partial charge is 0.208 e. The van der Waals surface area contributed by atoms with Gasteiger partial charge in [-0.15, -0.1) is 0 Å². The third-order valence-electron chi connectivity index (χ3n) is 13.7. The fourth-order valence-corrected chi connectivity index (χ4v) is 10.2. The van der Waals surface area contributed by atoms with Crippen LogP contribution in [0, 0.1) is 11.3 Å². The Labute approximate surface area is 406 Å². The third kappa shape index (κ3) is 7.31. The summed E-state index contributed by atoms with van der Waals surface area (Å²) in [6, 6.07) is 87.7. The maximum atomic E-state index is 10.1. The minimum absolute atomic E-state index is 0.600. The van der Waals surface area contributed by atoms with Crippen LogP contribution in [-0.4, -0.2) is 15.0 Å². The summed E-state index contributed by atoms with van der Waals surface area (Å²) in [5.74, 6) is 1.83. The van der Waals surface area contributed by atoms with Crippen molar-refractivity contribution in [1.82, 2.24) is 15.0 Å². The van der Waals surface area contributed by atoms with Crippen LogP contribution in [0.1, 0.15) is 5.56 Å². The van der Waals surface area contributed by atoms with Gasteiger partial charge in [-0.05, 0) is 142 Å². The molecule has 0 N–H and O–H groups in total. The van der Waals surface area contributed by atoms with Crippen LogP contribution in [0.4, 0.5) is 0 Å². The lowest BCUT2D eigenvalue weighted by molar-refractivity contribution is 1.07. The van der Waals surface area contributed by atoms with Gasteiger partial charge in [0.25, 0.3) is 0 Å². The summed E-state index contributed by atoms with van der Waals surface area (Å²) in [4.78, 5) is 15.2. The summed E-state index contributed by atoms with van der Waals surface area (Å²) in [6.45, 7) is 0. The molecule has 11 aromatic carbocycles. The zero-order valence-corrected chi connectivity index (χ0v) is 37.9. The normalized spacial score (nSPS) is 11.4. The fourth-order valence-electron chi connectivity index (χ4n) is 10.2. The van der Waals surface area contributed by atoms with Crippen LogP contribution in [0.15, 0.2) is 243 Å². The van der Waals surface area contributed by atoms with Gasteiger partial charge in [0.15, 0.2) is 17.5 Å². The number of hydrogen-bond donors (Lipinski definition) is 0. The maximum absolute atomic E-state index is 10.1. The van der Waals surface area contributed by atoms with E-state index in [1.807, 2.05) is 42.5 Å². The highest BCUT2D eigenvalue weighted by Crippen LogP contribution is 2.48. The molecule has 1 aliphatic carbocycles. The highest BCUT2D eigenvalue weighted by molar-refractivity contribution is 6.15. The van der Waals surface area contributed by atoms with Gasteiger partial charge in [0.2, 0.25) is 0 Å². The van der Waals surface area contributed by atoms with Crippen LogP contribution in [0.25, 0.3) is 134 Å². The van der Waals surface area contributed by atoms with E-state index in [0.29, 0.717) is 23.0 Å². The van der Waals surface area contributed by atoms with Gasteiger partial charge >= 0.3 is 0 Å². The van der Waals surface area contributed by atoms with Crippen LogP contribution < -0.4 is 0 Å². The Kier molecular flexibility index (Phi) is 9.85. The van der Waals surface area contributed by atoms with Gasteiger partial charge < -0.3 is 0 Å². The van der Waals surface area contributed by atoms with E-state index in [-0.39, 0.29) is 0 Å². The zero-order valence-electron chi connectivity index (χ0n) is 37.9. The first kappa shape index (κ1) is 40.7. The molecule has 12 aromatic rings. The smallest absolute Gasteiger partial charge is 0.164 e. The van der Waals surface area contributed by atoms with Crippen molar-refractivity contribution in [2.45, 2.75) is 0 Å². The van der Waals surface area contributed by atoms with Crippen LogP contribution in [-0.2, 0) is 0 Å². The van der Waals surface area contributed by atoms with E-state index in [9.17, 15) is 5.26 Å². The predicted molar refractivity (Wildman–Crippen MR) is 287 cm³/mol. The molecule has 0 amide bonds. The SMILES string of the molecule is N#Cc1ccc(-c2cccc(-c3ccc4c(c3)-c3cccc5cccc-4c35)c2)c(-c2cccc(-c3ccc(-c4nc(-c5ccccc5)nc(-c5cccc(-c6ccc7ccccc7c6)c5)n4)cc3)c2)c1. The van der Waals surface area contributed by atoms with Crippen LogP contribution in [0.2, 0.25) is 0 Å². The molecule has 0 radical (unpaired) electrons. The Morgan fingerprint density at radius 2 is 0.700 bits per heavy atom. The van der Waals surface area contributed by atoms with Gasteiger partial charge in [-0.2, -0.15) is 5.26 Å². The van der Waals surface area contributed by atoms with E-state index in [4.69, 9.17) is 15.0 Å². The van der Waals surface area contributed by atoms with Crippen molar-refractivity contribution in [3.05, 3.63) is 248 Å². The zero-order chi connectivity index (χ0) is 46.5. The van der Waals surface area contributed by atoms with Crippen molar-refractivity contribution in [1.29, 1.82) is 5.26 Å². The Morgan fingerprint density at radius 1 is 0.243 bits per heavy atom. The topological polar surface area (TPSA) is 62.5 Å². The van der Waals surface area contributed by atoms with Gasteiger partial charge in [-0.25, -0.2) is 15.0 Å². The second-order valence-electron chi connectivity index (χ2n) is 17.9. The van der Waals surface area contributed by atoms with Crippen LogP contribution >= 0.6 is 0 Å². The highest BCUT2D eigenvalue weighted by Gasteiger charge is 2.22. The molecule has 0 saturated heterocycles. The van der Waals surface area contributed by atoms with Crippen molar-refractivity contribution in [3.8, 4) is 118 Å². The second-order valence-corrected chi connectivity index (χ2v) is 17.9. The Hall–Kier alpha value is -9.56. The average molecular weight is 889 g/mol. The molecule has 4 nitrogen and oxygen atoms in total. The van der Waals surface area contributed by atoms with E-state index in [1.165, 1.54) is 49.4 Å². The van der Waals surface area contributed by atoms with E-state index >= 15 is 0 Å². The number of nitrogens with zero attached hydrogens (tertiary/aromatic N) is 4. The predicted octanol–water partition coefficient (Wildman–Crippen LogP) is 17.0. The molecule has 0 aliphatic heterocycles. The van der Waals surface area contributed by atoms with E-state index < -0.39 is 0 Å². The quantitative estimate of drug-likeness (QED) is 0.152. The molecule has 0 saturated carbocycles. The first-order valence-electron chi connectivity index (χ1n) is 23.5. The van der Waals surface area contributed by atoms with Crippen molar-refractivity contribution in [2.75, 3.05) is 0 Å². The molecule has 13 rings (SSSR count). The molecule has 70 heavy (non-hydrogen) atoms. The maximum Gasteiger partial charge on any atom is 0.164 e. The van der Waals surface area contributed by atoms with Gasteiger partial charge in [0.05, 0.1) is 11.6 Å². The number of nitriles is 1. The number of hydrogen-bond acceptors (Lipinski definition) is 4. The standard InChI is InChI=1S/C66H40N4/c67-41-42-25-33-57(54-20-7-18-50(38-54)53-32-34-58-59-23-9-15-45-16-10-24-60(63(45)59)62(58)40-53)61(35-42)55-21-6-17-49(37-55)44-26-29-47(30-27-44)65-68-64(46-12-2-1-3-13-46)69-66(70-65)56-22-8-19-51(39-56)52-31-28-43-11-4-5-14-48(43)36-52/h1-40H. The Balaban J connectivity index is 0.829. The molecular weight excluding hydrogens is 849 g/mol. The lowest BCUT2D eigenvalue weighted by Crippen LogP contribution is -2.00. The van der Waals surface area contributed by atoms with Gasteiger partial charge in [-0.1, -0.05) is 200 Å². The molecule has 0 bridgehead atoms. The van der Waals surface area contributed by atoms with Crippen molar-refractivity contribution in [3.63, 3.8) is 0 Å². The molecule has 0 atom stereocenters. The number of aromatic nitrogens is 3. The summed E-state index contributed by atoms with van der Waals surface area (Å²) in [5, 5.41) is 15.1. The van der Waals surface area contributed by atoms with Gasteiger partial charge in [-0.3, -0.25) is 0 Å². The Bertz CT molecular complexity index is 4070. The average Bonchev–Trinajstić information content (AvgIpc) is 3.77. The summed E-state index contributed by atoms with van der Waals surface area (Å²) in [7, 11) is 0. The lowest BCUT2D eigenvalue weighted by atomic mass is 9.89. The summed E-state index contributed by atoms with van der Waals surface area (Å²) < 4.78 is 0. The third-order valence-corrected chi connectivity index (χ3v) is 13.7. The summed E-state index contributed by atoms with van der Waals surface area (Å²) in [5.41, 5.74) is 19.3. The monoisotopic (exact) mass is 888 g/mol. The molecule has 1 aromatic heterocycles. The van der Waals surface area contributed by atoms with Crippen molar-refractivity contribution in [2.24, 2.45) is 0 Å². The summed E-state index contributed by atoms with van der Waals surface area (Å²) >= 11 is 0. The van der Waals surface area contributed by atoms with Crippen molar-refractivity contribution < 1.29 is 0 Å². The first-order chi connectivity index (χ1) is 34.6. The van der Waals surface area contributed by atoms with Crippen molar-refractivity contribution >= 4 is 21.5 Å². The van der Waals surface area contributed by atoms with E-state index in [0.717, 1.165) is 66.8 Å². The molecule has 1 aliphatic rings. The molecule has 1 heterocycles. The number of benzene rings is 11. The molecule has 324 valence electrons. The molecule has 0 spiro atoms. The first-order valence-corrected chi connectivity index (χ1v) is 23.5. The number of fused-ring (bicyclic) bond motifs is 4. The molecule has 0 unspecified atom stereocenters. The van der Waals surface area contributed by atoms with Gasteiger partial charge in [0.1, 0.15) is 0 Å². The summed E-state index contributed by atoms with van der Waals surface area (Å²) in [6.07, 6.45) is 0. The molecular formula is C66H40N4. The van der Waals surface area contributed by atoms with Crippen LogP contribution in [0.5, 0.6) is 0 Å². The molecule has 0 fully saturated rings. The number of rotatable bonds is 8. The Morgan fingerprint density at radius 3 is 1.41 bits per heavy atom. The highest BCUT2D eigenvalue weighted by atomic mass is 15.0. The minimum atomic E-state index is 0.600. The second kappa shape index (κ2) is 16.9. The lowest BCUT2D eigenvalue weighted by Gasteiger charge is -2.14. The fraction of sp³-hybridized carbons (Fsp3) is 0. The van der Waals surface area contributed by atoms with E-state index in [1.54, 1.807) is 0 Å².